The van der Waals surface area contributed by atoms with E-state index in [-0.39, 0.29) is 17.2 Å². The van der Waals surface area contributed by atoms with Gasteiger partial charge in [0.2, 0.25) is 5.95 Å². The highest BCUT2D eigenvalue weighted by Crippen LogP contribution is 2.29. The Morgan fingerprint density at radius 1 is 1.15 bits per heavy atom. The van der Waals surface area contributed by atoms with Crippen molar-refractivity contribution in [2.45, 2.75) is 72.2 Å². The third kappa shape index (κ3) is 7.92. The number of anilines is 1. The van der Waals surface area contributed by atoms with Crippen LogP contribution in [0.1, 0.15) is 63.8 Å². The molecule has 4 rings (SSSR count). The van der Waals surface area contributed by atoms with Crippen LogP contribution in [0.15, 0.2) is 36.7 Å². The largest absolute Gasteiger partial charge is 0.394 e. The third-order valence-corrected chi connectivity index (χ3v) is 5.33. The molecule has 2 aromatic heterocycles. The second-order valence-electron chi connectivity index (χ2n) is 7.90. The number of rotatable bonds is 5. The molecule has 0 radical (unpaired) electrons. The summed E-state index contributed by atoms with van der Waals surface area (Å²) in [6.45, 7) is 11.5. The number of halogens is 1. The van der Waals surface area contributed by atoms with Crippen LogP contribution >= 0.6 is 11.9 Å². The predicted molar refractivity (Wildman–Crippen MR) is 139 cm³/mol. The van der Waals surface area contributed by atoms with Gasteiger partial charge < -0.3 is 5.11 Å². The smallest absolute Gasteiger partial charge is 0.239 e. The van der Waals surface area contributed by atoms with Gasteiger partial charge >= 0.3 is 0 Å². The molecule has 3 aromatic rings. The van der Waals surface area contributed by atoms with E-state index in [2.05, 4.69) is 31.8 Å². The van der Waals surface area contributed by atoms with Crippen LogP contribution < -0.4 is 4.72 Å². The summed E-state index contributed by atoms with van der Waals surface area (Å²) in [6.07, 6.45) is 9.73. The normalized spacial score (nSPS) is 13.7. The van der Waals surface area contributed by atoms with E-state index in [0.29, 0.717) is 24.5 Å². The van der Waals surface area contributed by atoms with Gasteiger partial charge in [0.25, 0.3) is 0 Å². The maximum Gasteiger partial charge on any atom is 0.239 e. The Balaban J connectivity index is 0.000000618. The van der Waals surface area contributed by atoms with E-state index in [1.165, 1.54) is 18.0 Å². The first-order chi connectivity index (χ1) is 16.3. The molecule has 0 bridgehead atoms. The van der Waals surface area contributed by atoms with Gasteiger partial charge in [-0.15, -0.1) is 10.2 Å². The molecule has 1 aliphatic heterocycles. The van der Waals surface area contributed by atoms with Crippen LogP contribution in [-0.2, 0) is 12.8 Å². The lowest BCUT2D eigenvalue weighted by molar-refractivity contribution is 0.216. The van der Waals surface area contributed by atoms with Crippen LogP contribution in [0.25, 0.3) is 11.8 Å². The summed E-state index contributed by atoms with van der Waals surface area (Å²) in [5.74, 6) is 1.77. The fourth-order valence-electron chi connectivity index (χ4n) is 3.08. The summed E-state index contributed by atoms with van der Waals surface area (Å²) in [7, 11) is 0. The van der Waals surface area contributed by atoms with Crippen molar-refractivity contribution >= 4 is 24.0 Å². The first-order valence-electron chi connectivity index (χ1n) is 11.6. The van der Waals surface area contributed by atoms with E-state index in [1.54, 1.807) is 24.5 Å². The average Bonchev–Trinajstić information content (AvgIpc) is 3.17. The van der Waals surface area contributed by atoms with Crippen molar-refractivity contribution in [1.29, 1.82) is 0 Å². The minimum absolute atomic E-state index is 0.167. The zero-order valence-electron chi connectivity index (χ0n) is 20.8. The molecule has 0 fully saturated rings. The molecule has 3 heterocycles. The molecule has 0 saturated heterocycles. The van der Waals surface area contributed by atoms with E-state index in [4.69, 9.17) is 5.11 Å². The topological polar surface area (TPSA) is 88.8 Å². The summed E-state index contributed by atoms with van der Waals surface area (Å²) in [5.41, 5.74) is 2.34. The van der Waals surface area contributed by atoms with E-state index < -0.39 is 0 Å². The number of benzene rings is 1. The van der Waals surface area contributed by atoms with Crippen molar-refractivity contribution in [3.8, 4) is 5.69 Å². The summed E-state index contributed by atoms with van der Waals surface area (Å²) in [5, 5.41) is 16.8. The lowest BCUT2D eigenvalue weighted by Gasteiger charge is -2.17. The molecule has 0 spiro atoms. The number of allylic oxidation sites excluding steroid dienone is 1. The number of aromatic nitrogens is 5. The Bertz CT molecular complexity index is 1050. The molecule has 2 N–H and O–H groups in total. The molecular formula is C25H35FN6OS. The van der Waals surface area contributed by atoms with Crippen molar-refractivity contribution in [1.82, 2.24) is 24.7 Å². The number of hydrogen-bond acceptors (Lipinski definition) is 7. The third-order valence-electron chi connectivity index (χ3n) is 4.46. The molecule has 34 heavy (non-hydrogen) atoms. The van der Waals surface area contributed by atoms with Gasteiger partial charge in [0.05, 0.1) is 5.69 Å². The van der Waals surface area contributed by atoms with Gasteiger partial charge in [0, 0.05) is 42.2 Å². The Hall–Kier alpha value is -2.78. The lowest BCUT2D eigenvalue weighted by Crippen LogP contribution is -2.12. The number of aliphatic hydroxyl groups is 1. The summed E-state index contributed by atoms with van der Waals surface area (Å²) < 4.78 is 19.7. The molecule has 0 aliphatic carbocycles. The maximum atomic E-state index is 14.7. The highest BCUT2D eigenvalue weighted by atomic mass is 32.2. The molecule has 7 nitrogen and oxygen atoms in total. The molecule has 1 atom stereocenters. The first kappa shape index (κ1) is 27.5. The van der Waals surface area contributed by atoms with E-state index in [0.717, 1.165) is 29.2 Å². The maximum absolute atomic E-state index is 14.7. The zero-order valence-corrected chi connectivity index (χ0v) is 21.6. The van der Waals surface area contributed by atoms with Crippen molar-refractivity contribution in [2.24, 2.45) is 0 Å². The first-order valence-corrected chi connectivity index (χ1v) is 12.5. The molecular weight excluding hydrogens is 451 g/mol. The fourth-order valence-corrected chi connectivity index (χ4v) is 3.75. The quantitative estimate of drug-likeness (QED) is 0.456. The van der Waals surface area contributed by atoms with Crippen molar-refractivity contribution in [3.63, 3.8) is 0 Å². The number of aryl methyl sites for hydroxylation is 2. The molecule has 9 heteroatoms. The number of para-hydroxylation sites is 1. The number of hydrogen-bond donors (Lipinski definition) is 2. The van der Waals surface area contributed by atoms with Crippen LogP contribution in [0.5, 0.6) is 0 Å². The average molecular weight is 487 g/mol. The van der Waals surface area contributed by atoms with Gasteiger partial charge in [-0.05, 0) is 50.8 Å². The van der Waals surface area contributed by atoms with Crippen LogP contribution in [0.3, 0.4) is 0 Å². The molecule has 1 aliphatic rings. The molecule has 0 saturated carbocycles. The number of fused-ring (bicyclic) bond motifs is 3. The second kappa shape index (κ2) is 13.8. The standard InChI is InChI=1S/C20H21FN6S.C3H8O.C2H6/c1-13-11-22-17(23-12-13)10-14(2)28-26-20-25-24-18-9-4-3-6-15-7-5-8-16(21)19(15)27(18)20;1-3(2)4;1-2/h3,5-8,11-12,14H,4,9-10H2,1-2H3,(H,25,26);3-4H,1-2H3;1-2H3/b6-3-;;. The Labute approximate surface area is 206 Å². The number of nitrogens with zero attached hydrogens (tertiary/aromatic N) is 5. The van der Waals surface area contributed by atoms with E-state index >= 15 is 0 Å². The summed E-state index contributed by atoms with van der Waals surface area (Å²) in [4.78, 5) is 8.71. The van der Waals surface area contributed by atoms with Gasteiger partial charge in [-0.3, -0.25) is 9.29 Å². The van der Waals surface area contributed by atoms with Crippen molar-refractivity contribution in [3.05, 3.63) is 65.3 Å². The molecule has 1 unspecified atom stereocenters. The lowest BCUT2D eigenvalue weighted by atomic mass is 10.1. The number of nitrogens with one attached hydrogen (secondary N) is 1. The van der Waals surface area contributed by atoms with Gasteiger partial charge in [-0.1, -0.05) is 45.1 Å². The highest BCUT2D eigenvalue weighted by Gasteiger charge is 2.21. The van der Waals surface area contributed by atoms with Crippen molar-refractivity contribution in [2.75, 3.05) is 4.72 Å². The van der Waals surface area contributed by atoms with Crippen LogP contribution in [0, 0.1) is 12.7 Å². The monoisotopic (exact) mass is 486 g/mol. The van der Waals surface area contributed by atoms with Gasteiger partial charge in [0.15, 0.2) is 0 Å². The fraction of sp³-hybridized carbons (Fsp3) is 0.440. The Morgan fingerprint density at radius 3 is 2.50 bits per heavy atom. The Morgan fingerprint density at radius 2 is 1.82 bits per heavy atom. The molecule has 0 amide bonds. The second-order valence-corrected chi connectivity index (χ2v) is 9.14. The SMILES string of the molecule is CC.CC(C)O.Cc1cnc(CC(C)SNc2nnc3n2-c2c(F)cccc2/C=C\CC3)nc1. The van der Waals surface area contributed by atoms with E-state index in [9.17, 15) is 4.39 Å². The minimum Gasteiger partial charge on any atom is -0.394 e. The van der Waals surface area contributed by atoms with Crippen LogP contribution in [-0.4, -0.2) is 41.2 Å². The Kier molecular flexibility index (Phi) is 11.2. The summed E-state index contributed by atoms with van der Waals surface area (Å²) >= 11 is 1.50. The zero-order chi connectivity index (χ0) is 25.1. The van der Waals surface area contributed by atoms with E-state index in [1.807, 2.05) is 51.4 Å². The molecule has 1 aromatic carbocycles. The van der Waals surface area contributed by atoms with Gasteiger partial charge in [-0.2, -0.15) is 0 Å². The minimum atomic E-state index is -0.292. The number of aliphatic hydroxyl groups excluding tert-OH is 1. The molecule has 184 valence electrons. The predicted octanol–water partition coefficient (Wildman–Crippen LogP) is 5.57. The van der Waals surface area contributed by atoms with Crippen LogP contribution in [0.2, 0.25) is 0 Å². The van der Waals surface area contributed by atoms with Gasteiger partial charge in [-0.25, -0.2) is 14.4 Å². The highest BCUT2D eigenvalue weighted by molar-refractivity contribution is 8.01. The summed E-state index contributed by atoms with van der Waals surface area (Å²) in [6, 6.07) is 5.08. The van der Waals surface area contributed by atoms with Gasteiger partial charge in [0.1, 0.15) is 17.5 Å². The van der Waals surface area contributed by atoms with Crippen molar-refractivity contribution < 1.29 is 9.50 Å². The van der Waals surface area contributed by atoms with Crippen LogP contribution in [0.4, 0.5) is 10.3 Å².